The molecule has 0 aromatic heterocycles. The quantitative estimate of drug-likeness (QED) is 0.626. The van der Waals surface area contributed by atoms with Gasteiger partial charge in [-0.25, -0.2) is 0 Å². The van der Waals surface area contributed by atoms with E-state index in [4.69, 9.17) is 0 Å². The Hall–Kier alpha value is -0.287. The van der Waals surface area contributed by atoms with Gasteiger partial charge in [0.2, 0.25) is 0 Å². The standard InChI is InChI=1S/C12H13.Zr/c1-8-4-10(3)12-7-9(2)6-11(12)5-8;/h4-7H,1-3H3;/q-1;. The van der Waals surface area contributed by atoms with Gasteiger partial charge in [-0.05, 0) is 13.8 Å². The third-order valence-corrected chi connectivity index (χ3v) is 2.32. The van der Waals surface area contributed by atoms with Crippen molar-refractivity contribution in [2.45, 2.75) is 20.8 Å². The maximum absolute atomic E-state index is 2.25. The molecule has 2 aromatic carbocycles. The van der Waals surface area contributed by atoms with Crippen LogP contribution in [0.1, 0.15) is 16.7 Å². The van der Waals surface area contributed by atoms with Crippen LogP contribution in [0.5, 0.6) is 0 Å². The fourth-order valence-electron chi connectivity index (χ4n) is 1.84. The van der Waals surface area contributed by atoms with Gasteiger partial charge in [0.05, 0.1) is 0 Å². The molecule has 66 valence electrons. The molecule has 0 N–H and O–H groups in total. The van der Waals surface area contributed by atoms with Gasteiger partial charge in [-0.15, -0.1) is 28.5 Å². The fourth-order valence-corrected chi connectivity index (χ4v) is 1.84. The van der Waals surface area contributed by atoms with Crippen LogP contribution in [0.4, 0.5) is 0 Å². The van der Waals surface area contributed by atoms with E-state index in [-0.39, 0.29) is 26.2 Å². The third kappa shape index (κ3) is 1.97. The maximum atomic E-state index is 2.25. The summed E-state index contributed by atoms with van der Waals surface area (Å²) in [5.74, 6) is 0. The SMILES string of the molecule is Cc1cc(C)c2cc(C)[cH-]c2c1.[Zr]. The minimum absolute atomic E-state index is 0. The van der Waals surface area contributed by atoms with E-state index in [0.29, 0.717) is 0 Å². The second kappa shape index (κ2) is 3.84. The van der Waals surface area contributed by atoms with Crippen LogP contribution in [0.15, 0.2) is 24.3 Å². The van der Waals surface area contributed by atoms with E-state index in [1.54, 1.807) is 0 Å². The Morgan fingerprint density at radius 1 is 1.00 bits per heavy atom. The van der Waals surface area contributed by atoms with Crippen LogP contribution in [-0.4, -0.2) is 0 Å². The van der Waals surface area contributed by atoms with Crippen molar-refractivity contribution in [2.24, 2.45) is 0 Å². The van der Waals surface area contributed by atoms with Gasteiger partial charge < -0.3 is 0 Å². The first-order valence-corrected chi connectivity index (χ1v) is 4.31. The summed E-state index contributed by atoms with van der Waals surface area (Å²) in [6.45, 7) is 6.47. The zero-order valence-corrected chi connectivity index (χ0v) is 10.8. The van der Waals surface area contributed by atoms with E-state index in [1.807, 2.05) is 0 Å². The van der Waals surface area contributed by atoms with Crippen LogP contribution >= 0.6 is 0 Å². The zero-order valence-electron chi connectivity index (χ0n) is 8.31. The molecule has 0 aliphatic carbocycles. The molecule has 0 saturated carbocycles. The van der Waals surface area contributed by atoms with Gasteiger partial charge in [-0.3, -0.25) is 0 Å². The number of hydrogen-bond donors (Lipinski definition) is 0. The van der Waals surface area contributed by atoms with E-state index in [1.165, 1.54) is 27.5 Å². The van der Waals surface area contributed by atoms with E-state index in [2.05, 4.69) is 45.0 Å². The largest absolute Gasteiger partial charge is 0.165 e. The minimum atomic E-state index is 0. The Bertz CT molecular complexity index is 424. The molecular formula is C12H13Zr-. The second-order valence-corrected chi connectivity index (χ2v) is 3.62. The summed E-state index contributed by atoms with van der Waals surface area (Å²) >= 11 is 0. The van der Waals surface area contributed by atoms with Gasteiger partial charge in [-0.2, -0.15) is 6.07 Å². The van der Waals surface area contributed by atoms with E-state index in [0.717, 1.165) is 0 Å². The molecule has 0 spiro atoms. The van der Waals surface area contributed by atoms with Crippen molar-refractivity contribution in [1.29, 1.82) is 0 Å². The summed E-state index contributed by atoms with van der Waals surface area (Å²) in [5.41, 5.74) is 4.10. The average molecular weight is 248 g/mol. The van der Waals surface area contributed by atoms with Crippen molar-refractivity contribution in [2.75, 3.05) is 0 Å². The summed E-state index contributed by atoms with van der Waals surface area (Å²) < 4.78 is 0. The Morgan fingerprint density at radius 2 is 1.69 bits per heavy atom. The molecule has 0 radical (unpaired) electrons. The Kier molecular flexibility index (Phi) is 3.19. The average Bonchev–Trinajstić information content (AvgIpc) is 2.29. The minimum Gasteiger partial charge on any atom is -0.165 e. The monoisotopic (exact) mass is 247 g/mol. The normalized spacial score (nSPS) is 10.1. The molecule has 0 amide bonds. The van der Waals surface area contributed by atoms with Gasteiger partial charge in [0, 0.05) is 26.2 Å². The molecule has 0 saturated heterocycles. The van der Waals surface area contributed by atoms with E-state index in [9.17, 15) is 0 Å². The van der Waals surface area contributed by atoms with Gasteiger partial charge in [0.25, 0.3) is 0 Å². The predicted octanol–water partition coefficient (Wildman–Crippen LogP) is 3.48. The number of fused-ring (bicyclic) bond motifs is 1. The fraction of sp³-hybridized carbons (Fsp3) is 0.250. The molecule has 1 heteroatoms. The molecule has 0 nitrogen and oxygen atoms in total. The first kappa shape index (κ1) is 10.8. The van der Waals surface area contributed by atoms with Gasteiger partial charge in [0.1, 0.15) is 0 Å². The number of aryl methyl sites for hydroxylation is 3. The molecule has 13 heavy (non-hydrogen) atoms. The Labute approximate surface area is 98.4 Å². The number of rotatable bonds is 0. The van der Waals surface area contributed by atoms with Crippen LogP contribution in [0, 0.1) is 20.8 Å². The van der Waals surface area contributed by atoms with Crippen LogP contribution in [-0.2, 0) is 26.2 Å². The summed E-state index contributed by atoms with van der Waals surface area (Å²) in [4.78, 5) is 0. The molecule has 2 aromatic rings. The first-order valence-electron chi connectivity index (χ1n) is 4.31. The van der Waals surface area contributed by atoms with Crippen LogP contribution < -0.4 is 0 Å². The van der Waals surface area contributed by atoms with Gasteiger partial charge in [0.15, 0.2) is 0 Å². The predicted molar refractivity (Wildman–Crippen MR) is 53.8 cm³/mol. The molecule has 0 aliphatic heterocycles. The van der Waals surface area contributed by atoms with Crippen molar-refractivity contribution in [3.05, 3.63) is 41.0 Å². The molecule has 0 bridgehead atoms. The van der Waals surface area contributed by atoms with Crippen molar-refractivity contribution in [1.82, 2.24) is 0 Å². The third-order valence-electron chi connectivity index (χ3n) is 2.32. The van der Waals surface area contributed by atoms with E-state index < -0.39 is 0 Å². The van der Waals surface area contributed by atoms with Crippen molar-refractivity contribution in [3.63, 3.8) is 0 Å². The molecule has 0 heterocycles. The van der Waals surface area contributed by atoms with Gasteiger partial charge >= 0.3 is 0 Å². The summed E-state index contributed by atoms with van der Waals surface area (Å²) in [7, 11) is 0. The molecular weight excluding hydrogens is 235 g/mol. The number of hydrogen-bond acceptors (Lipinski definition) is 0. The van der Waals surface area contributed by atoms with Crippen molar-refractivity contribution < 1.29 is 26.2 Å². The van der Waals surface area contributed by atoms with Crippen LogP contribution in [0.2, 0.25) is 0 Å². The van der Waals surface area contributed by atoms with Crippen LogP contribution in [0.3, 0.4) is 0 Å². The second-order valence-electron chi connectivity index (χ2n) is 3.62. The topological polar surface area (TPSA) is 0 Å². The van der Waals surface area contributed by atoms with E-state index >= 15 is 0 Å². The maximum Gasteiger partial charge on any atom is 0 e. The molecule has 0 aliphatic rings. The molecule has 0 atom stereocenters. The molecule has 0 fully saturated rings. The van der Waals surface area contributed by atoms with Crippen molar-refractivity contribution >= 4 is 10.8 Å². The zero-order chi connectivity index (χ0) is 8.72. The Morgan fingerprint density at radius 3 is 2.38 bits per heavy atom. The van der Waals surface area contributed by atoms with Crippen LogP contribution in [0.25, 0.3) is 10.8 Å². The first-order chi connectivity index (χ1) is 5.66. The summed E-state index contributed by atoms with van der Waals surface area (Å²) in [6.07, 6.45) is 0. The molecule has 2 rings (SSSR count). The smallest absolute Gasteiger partial charge is 0 e. The van der Waals surface area contributed by atoms with Gasteiger partial charge in [-0.1, -0.05) is 24.1 Å². The molecule has 0 unspecified atom stereocenters. The summed E-state index contributed by atoms with van der Waals surface area (Å²) in [5, 5.41) is 2.78. The number of benzene rings is 1. The Balaban J connectivity index is 0.000000845. The van der Waals surface area contributed by atoms with Crippen molar-refractivity contribution in [3.8, 4) is 0 Å². The summed E-state index contributed by atoms with van der Waals surface area (Å²) in [6, 6.07) is 8.98.